The third kappa shape index (κ3) is 2.33. The lowest BCUT2D eigenvalue weighted by atomic mass is 10.2. The first-order valence-electron chi connectivity index (χ1n) is 4.24. The van der Waals surface area contributed by atoms with Crippen molar-refractivity contribution in [1.82, 2.24) is 9.80 Å². The zero-order chi connectivity index (χ0) is 9.84. The fraction of sp³-hybridized carbons (Fsp3) is 0.750. The molecule has 0 bridgehead atoms. The van der Waals surface area contributed by atoms with Crippen LogP contribution in [0.15, 0.2) is 0 Å². The Morgan fingerprint density at radius 3 is 2.85 bits per heavy atom. The lowest BCUT2D eigenvalue weighted by Crippen LogP contribution is -2.53. The van der Waals surface area contributed by atoms with E-state index in [9.17, 15) is 4.79 Å². The van der Waals surface area contributed by atoms with E-state index in [1.807, 2.05) is 11.8 Å². The fourth-order valence-corrected chi connectivity index (χ4v) is 1.56. The Hall–Kier alpha value is -1.28. The maximum absolute atomic E-state index is 10.7. The van der Waals surface area contributed by atoms with Gasteiger partial charge in [-0.2, -0.15) is 5.26 Å². The number of hydrogen-bond acceptors (Lipinski definition) is 3. The number of carbonyl (C=O) groups is 1. The molecule has 1 aliphatic heterocycles. The summed E-state index contributed by atoms with van der Waals surface area (Å²) in [6.07, 6.45) is -0.871. The van der Waals surface area contributed by atoms with Crippen molar-refractivity contribution in [2.24, 2.45) is 0 Å². The van der Waals surface area contributed by atoms with Gasteiger partial charge in [-0.3, -0.25) is 4.90 Å². The minimum absolute atomic E-state index is 0.0143. The molecule has 0 saturated carbocycles. The van der Waals surface area contributed by atoms with E-state index in [1.54, 1.807) is 0 Å². The molecule has 0 spiro atoms. The molecule has 1 unspecified atom stereocenters. The molecule has 1 N–H and O–H groups in total. The van der Waals surface area contributed by atoms with Gasteiger partial charge in [0.15, 0.2) is 0 Å². The van der Waals surface area contributed by atoms with Crippen molar-refractivity contribution in [1.29, 1.82) is 5.26 Å². The summed E-state index contributed by atoms with van der Waals surface area (Å²) in [7, 11) is 0. The predicted molar refractivity (Wildman–Crippen MR) is 46.2 cm³/mol. The summed E-state index contributed by atoms with van der Waals surface area (Å²) in [4.78, 5) is 14.0. The second-order valence-corrected chi connectivity index (χ2v) is 3.22. The van der Waals surface area contributed by atoms with Crippen LogP contribution in [0, 0.1) is 11.3 Å². The van der Waals surface area contributed by atoms with Crippen LogP contribution < -0.4 is 0 Å². The van der Waals surface area contributed by atoms with Gasteiger partial charge < -0.3 is 10.0 Å². The third-order valence-electron chi connectivity index (χ3n) is 2.25. The summed E-state index contributed by atoms with van der Waals surface area (Å²) < 4.78 is 0. The number of nitrogens with zero attached hydrogens (tertiary/aromatic N) is 3. The number of carboxylic acid groups (broad SMARTS) is 1. The van der Waals surface area contributed by atoms with Crippen LogP contribution in [0.25, 0.3) is 0 Å². The first-order valence-corrected chi connectivity index (χ1v) is 4.24. The summed E-state index contributed by atoms with van der Waals surface area (Å²) in [6, 6.07) is 2.05. The smallest absolute Gasteiger partial charge is 0.407 e. The van der Waals surface area contributed by atoms with Gasteiger partial charge in [-0.1, -0.05) is 0 Å². The van der Waals surface area contributed by atoms with Crippen LogP contribution in [-0.4, -0.2) is 53.2 Å². The van der Waals surface area contributed by atoms with Gasteiger partial charge in [-0.15, -0.1) is 0 Å². The monoisotopic (exact) mass is 183 g/mol. The van der Waals surface area contributed by atoms with Gasteiger partial charge in [-0.05, 0) is 6.92 Å². The molecule has 0 aromatic rings. The molecule has 1 saturated heterocycles. The predicted octanol–water partition coefficient (Wildman–Crippen LogP) is 0.194. The highest BCUT2D eigenvalue weighted by molar-refractivity contribution is 5.65. The van der Waals surface area contributed by atoms with Gasteiger partial charge in [0.1, 0.15) is 0 Å². The molecular formula is C8H13N3O2. The molecule has 1 fully saturated rings. The number of amides is 1. The maximum Gasteiger partial charge on any atom is 0.407 e. The molecule has 13 heavy (non-hydrogen) atoms. The molecule has 1 rings (SSSR count). The third-order valence-corrected chi connectivity index (χ3v) is 2.25. The average molecular weight is 183 g/mol. The van der Waals surface area contributed by atoms with Crippen LogP contribution in [0.5, 0.6) is 0 Å². The van der Waals surface area contributed by atoms with E-state index in [4.69, 9.17) is 10.4 Å². The Kier molecular flexibility index (Phi) is 3.09. The second-order valence-electron chi connectivity index (χ2n) is 3.22. The van der Waals surface area contributed by atoms with E-state index in [0.29, 0.717) is 26.2 Å². The van der Waals surface area contributed by atoms with Gasteiger partial charge >= 0.3 is 6.09 Å². The number of piperazine rings is 1. The highest BCUT2D eigenvalue weighted by Gasteiger charge is 2.26. The topological polar surface area (TPSA) is 67.6 Å². The molecule has 1 atom stereocenters. The van der Waals surface area contributed by atoms with Crippen molar-refractivity contribution in [3.05, 3.63) is 0 Å². The van der Waals surface area contributed by atoms with Crippen molar-refractivity contribution in [2.45, 2.75) is 13.0 Å². The first kappa shape index (κ1) is 9.81. The molecule has 5 heteroatoms. The Labute approximate surface area is 77.2 Å². The summed E-state index contributed by atoms with van der Waals surface area (Å²) in [5, 5.41) is 17.2. The van der Waals surface area contributed by atoms with Gasteiger partial charge in [0.2, 0.25) is 0 Å². The van der Waals surface area contributed by atoms with E-state index >= 15 is 0 Å². The van der Waals surface area contributed by atoms with E-state index in [1.165, 1.54) is 4.90 Å². The quantitative estimate of drug-likeness (QED) is 0.589. The Morgan fingerprint density at radius 2 is 2.38 bits per heavy atom. The van der Waals surface area contributed by atoms with E-state index in [2.05, 4.69) is 6.07 Å². The van der Waals surface area contributed by atoms with Crippen molar-refractivity contribution < 1.29 is 9.90 Å². The first-order chi connectivity index (χ1) is 6.15. The minimum Gasteiger partial charge on any atom is -0.465 e. The number of rotatable bonds is 1. The SMILES string of the molecule is CC1CN(CC#N)CCN1C(=O)O. The van der Waals surface area contributed by atoms with E-state index in [-0.39, 0.29) is 6.04 Å². The van der Waals surface area contributed by atoms with Crippen molar-refractivity contribution in [3.63, 3.8) is 0 Å². The second kappa shape index (κ2) is 4.10. The van der Waals surface area contributed by atoms with E-state index in [0.717, 1.165) is 0 Å². The zero-order valence-corrected chi connectivity index (χ0v) is 7.60. The standard InChI is InChI=1S/C8H13N3O2/c1-7-6-10(3-2-9)4-5-11(7)8(12)13/h7H,3-6H2,1H3,(H,12,13). The fourth-order valence-electron chi connectivity index (χ4n) is 1.56. The summed E-state index contributed by atoms with van der Waals surface area (Å²) in [6.45, 7) is 4.05. The molecule has 0 aromatic carbocycles. The van der Waals surface area contributed by atoms with Crippen molar-refractivity contribution >= 4 is 6.09 Å². The molecule has 0 radical (unpaired) electrons. The van der Waals surface area contributed by atoms with Gasteiger partial charge in [0.25, 0.3) is 0 Å². The molecule has 1 heterocycles. The van der Waals surface area contributed by atoms with Gasteiger partial charge in [0.05, 0.1) is 12.6 Å². The van der Waals surface area contributed by atoms with Crippen LogP contribution in [-0.2, 0) is 0 Å². The van der Waals surface area contributed by atoms with Crippen LogP contribution in [0.1, 0.15) is 6.92 Å². The average Bonchev–Trinajstić information content (AvgIpc) is 2.04. The molecule has 1 amide bonds. The molecule has 5 nitrogen and oxygen atoms in total. The summed E-state index contributed by atoms with van der Waals surface area (Å²) >= 11 is 0. The van der Waals surface area contributed by atoms with Gasteiger partial charge in [-0.25, -0.2) is 4.79 Å². The van der Waals surface area contributed by atoms with Crippen molar-refractivity contribution in [2.75, 3.05) is 26.2 Å². The molecule has 1 aliphatic rings. The lowest BCUT2D eigenvalue weighted by molar-refractivity contribution is 0.0795. The summed E-state index contributed by atoms with van der Waals surface area (Å²) in [5.41, 5.74) is 0. The summed E-state index contributed by atoms with van der Waals surface area (Å²) in [5.74, 6) is 0. The Morgan fingerprint density at radius 1 is 1.69 bits per heavy atom. The number of nitriles is 1. The van der Waals surface area contributed by atoms with Crippen LogP contribution >= 0.6 is 0 Å². The zero-order valence-electron chi connectivity index (χ0n) is 7.60. The minimum atomic E-state index is -0.871. The van der Waals surface area contributed by atoms with Crippen LogP contribution in [0.3, 0.4) is 0 Å². The van der Waals surface area contributed by atoms with E-state index < -0.39 is 6.09 Å². The van der Waals surface area contributed by atoms with Gasteiger partial charge in [0, 0.05) is 25.7 Å². The Bertz CT molecular complexity index is 236. The molecular weight excluding hydrogens is 170 g/mol. The number of hydrogen-bond donors (Lipinski definition) is 1. The van der Waals surface area contributed by atoms with Crippen LogP contribution in [0.2, 0.25) is 0 Å². The highest BCUT2D eigenvalue weighted by Crippen LogP contribution is 2.08. The molecule has 72 valence electrons. The maximum atomic E-state index is 10.7. The Balaban J connectivity index is 2.47. The lowest BCUT2D eigenvalue weighted by Gasteiger charge is -2.37. The molecule has 0 aliphatic carbocycles. The largest absolute Gasteiger partial charge is 0.465 e. The highest BCUT2D eigenvalue weighted by atomic mass is 16.4. The van der Waals surface area contributed by atoms with Crippen molar-refractivity contribution in [3.8, 4) is 6.07 Å². The van der Waals surface area contributed by atoms with Crippen LogP contribution in [0.4, 0.5) is 4.79 Å². The molecule has 0 aromatic heterocycles. The normalized spacial score (nSPS) is 24.0.